The van der Waals surface area contributed by atoms with Crippen molar-refractivity contribution in [3.05, 3.63) is 52.1 Å². The van der Waals surface area contributed by atoms with E-state index in [0.717, 1.165) is 23.9 Å². The Kier molecular flexibility index (Phi) is 4.14. The first kappa shape index (κ1) is 14.2. The molecule has 0 atom stereocenters. The molecule has 0 amide bonds. The molecule has 8 heteroatoms. The lowest BCUT2D eigenvalue weighted by atomic mass is 10.3. The summed E-state index contributed by atoms with van der Waals surface area (Å²) in [6.07, 6.45) is 0. The van der Waals surface area contributed by atoms with Gasteiger partial charge in [0.25, 0.3) is 5.69 Å². The molecule has 1 aromatic carbocycles. The summed E-state index contributed by atoms with van der Waals surface area (Å²) < 4.78 is 26.4. The summed E-state index contributed by atoms with van der Waals surface area (Å²) >= 11 is 0.887. The van der Waals surface area contributed by atoms with Crippen LogP contribution in [0.5, 0.6) is 0 Å². The first-order valence-electron chi connectivity index (χ1n) is 5.46. The van der Waals surface area contributed by atoms with Gasteiger partial charge in [-0.3, -0.25) is 10.1 Å². The predicted octanol–water partition coefficient (Wildman–Crippen LogP) is 3.46. The van der Waals surface area contributed by atoms with Gasteiger partial charge in [-0.15, -0.1) is 0 Å². The van der Waals surface area contributed by atoms with Crippen molar-refractivity contribution in [1.82, 2.24) is 4.98 Å². The highest BCUT2D eigenvalue weighted by Gasteiger charge is 2.13. The largest absolute Gasteiger partial charge is 0.373 e. The lowest BCUT2D eigenvalue weighted by Crippen LogP contribution is -1.97. The van der Waals surface area contributed by atoms with Gasteiger partial charge < -0.3 is 5.32 Å². The molecule has 0 aliphatic rings. The van der Waals surface area contributed by atoms with Gasteiger partial charge in [-0.25, -0.2) is 13.8 Å². The molecule has 0 spiro atoms. The van der Waals surface area contributed by atoms with E-state index in [-0.39, 0.29) is 15.6 Å². The Morgan fingerprint density at radius 1 is 1.30 bits per heavy atom. The Hall–Kier alpha value is -2.22. The maximum Gasteiger partial charge on any atom is 0.275 e. The molecule has 0 fully saturated rings. The number of hydrogen-bond donors (Lipinski definition) is 1. The number of nitro groups is 1. The van der Waals surface area contributed by atoms with Crippen LogP contribution < -0.4 is 5.32 Å². The number of hydrogen-bond acceptors (Lipinski definition) is 5. The summed E-state index contributed by atoms with van der Waals surface area (Å²) in [6, 6.07) is 5.62. The average molecular weight is 297 g/mol. The molecule has 104 valence electrons. The lowest BCUT2D eigenvalue weighted by Gasteiger charge is -2.05. The minimum atomic E-state index is -0.741. The highest BCUT2D eigenvalue weighted by atomic mass is 32.2. The second-order valence-electron chi connectivity index (χ2n) is 3.73. The molecule has 0 bridgehead atoms. The first-order valence-corrected chi connectivity index (χ1v) is 6.28. The van der Waals surface area contributed by atoms with Crippen molar-refractivity contribution < 1.29 is 13.7 Å². The van der Waals surface area contributed by atoms with Crippen molar-refractivity contribution in [2.75, 3.05) is 12.4 Å². The maximum absolute atomic E-state index is 13.5. The van der Waals surface area contributed by atoms with Crippen LogP contribution in [0.15, 0.2) is 40.3 Å². The van der Waals surface area contributed by atoms with E-state index in [1.54, 1.807) is 7.05 Å². The predicted molar refractivity (Wildman–Crippen MR) is 70.9 cm³/mol. The van der Waals surface area contributed by atoms with Crippen LogP contribution in [0, 0.1) is 21.7 Å². The van der Waals surface area contributed by atoms with Crippen LogP contribution in [-0.2, 0) is 0 Å². The average Bonchev–Trinajstić information content (AvgIpc) is 2.41. The Bertz CT molecular complexity index is 667. The Morgan fingerprint density at radius 2 is 2.05 bits per heavy atom. The molecule has 5 nitrogen and oxygen atoms in total. The van der Waals surface area contributed by atoms with Gasteiger partial charge in [-0.2, -0.15) is 0 Å². The van der Waals surface area contributed by atoms with Crippen molar-refractivity contribution in [1.29, 1.82) is 0 Å². The van der Waals surface area contributed by atoms with E-state index in [2.05, 4.69) is 10.3 Å². The van der Waals surface area contributed by atoms with Gasteiger partial charge in [0.15, 0.2) is 0 Å². The molecule has 1 N–H and O–H groups in total. The van der Waals surface area contributed by atoms with Gasteiger partial charge in [0.2, 0.25) is 0 Å². The number of nitrogens with one attached hydrogen (secondary N) is 1. The third-order valence-corrected chi connectivity index (χ3v) is 3.33. The number of nitrogens with zero attached hydrogens (tertiary/aromatic N) is 2. The van der Waals surface area contributed by atoms with Gasteiger partial charge >= 0.3 is 0 Å². The Balaban J connectivity index is 2.37. The van der Waals surface area contributed by atoms with Gasteiger partial charge in [0.05, 0.1) is 11.0 Å². The van der Waals surface area contributed by atoms with Crippen LogP contribution in [0.2, 0.25) is 0 Å². The fourth-order valence-corrected chi connectivity index (χ4v) is 2.29. The van der Waals surface area contributed by atoms with Gasteiger partial charge in [0.1, 0.15) is 22.5 Å². The van der Waals surface area contributed by atoms with Gasteiger partial charge in [0, 0.05) is 24.1 Å². The highest BCUT2D eigenvalue weighted by molar-refractivity contribution is 7.99. The highest BCUT2D eigenvalue weighted by Crippen LogP contribution is 2.32. The molecule has 0 unspecified atom stereocenters. The summed E-state index contributed by atoms with van der Waals surface area (Å²) in [5.41, 5.74) is -0.158. The third kappa shape index (κ3) is 3.21. The number of aromatic nitrogens is 1. The van der Waals surface area contributed by atoms with Crippen LogP contribution in [0.4, 0.5) is 20.3 Å². The fourth-order valence-electron chi connectivity index (χ4n) is 1.45. The smallest absolute Gasteiger partial charge is 0.275 e. The van der Waals surface area contributed by atoms with E-state index in [0.29, 0.717) is 5.82 Å². The van der Waals surface area contributed by atoms with Crippen molar-refractivity contribution >= 4 is 23.3 Å². The van der Waals surface area contributed by atoms with Crippen LogP contribution in [0.1, 0.15) is 0 Å². The Morgan fingerprint density at radius 3 is 2.65 bits per heavy atom. The number of pyridine rings is 1. The summed E-state index contributed by atoms with van der Waals surface area (Å²) in [5, 5.41) is 13.7. The summed E-state index contributed by atoms with van der Waals surface area (Å²) in [6.45, 7) is 0. The van der Waals surface area contributed by atoms with Crippen LogP contribution >= 0.6 is 11.8 Å². The van der Waals surface area contributed by atoms with Gasteiger partial charge in [-0.05, 0) is 12.1 Å². The van der Waals surface area contributed by atoms with E-state index >= 15 is 0 Å². The van der Waals surface area contributed by atoms with Crippen molar-refractivity contribution in [2.45, 2.75) is 9.92 Å². The first-order chi connectivity index (χ1) is 9.49. The maximum atomic E-state index is 13.5. The van der Waals surface area contributed by atoms with E-state index in [4.69, 9.17) is 0 Å². The summed E-state index contributed by atoms with van der Waals surface area (Å²) in [7, 11) is 1.57. The van der Waals surface area contributed by atoms with Crippen LogP contribution in [0.25, 0.3) is 0 Å². The monoisotopic (exact) mass is 297 g/mol. The lowest BCUT2D eigenvalue weighted by molar-refractivity contribution is -0.385. The zero-order chi connectivity index (χ0) is 14.7. The van der Waals surface area contributed by atoms with E-state index < -0.39 is 16.6 Å². The second kappa shape index (κ2) is 5.83. The standard InChI is InChI=1S/C12H9F2N3O2S/c1-15-11-5-8(17(18)19)6-12(16-11)20-10-3-2-7(13)4-9(10)14/h2-6H,1H3,(H,15,16). The quantitative estimate of drug-likeness (QED) is 0.691. The number of halogens is 2. The minimum absolute atomic E-state index is 0.140. The van der Waals surface area contributed by atoms with Crippen molar-refractivity contribution in [2.24, 2.45) is 0 Å². The summed E-state index contributed by atoms with van der Waals surface area (Å²) in [5.74, 6) is -1.13. The van der Waals surface area contributed by atoms with Crippen molar-refractivity contribution in [3.63, 3.8) is 0 Å². The second-order valence-corrected chi connectivity index (χ2v) is 4.79. The molecular weight excluding hydrogens is 288 g/mol. The molecule has 0 radical (unpaired) electrons. The van der Waals surface area contributed by atoms with E-state index in [9.17, 15) is 18.9 Å². The minimum Gasteiger partial charge on any atom is -0.373 e. The zero-order valence-electron chi connectivity index (χ0n) is 10.3. The van der Waals surface area contributed by atoms with Crippen LogP contribution in [0.3, 0.4) is 0 Å². The van der Waals surface area contributed by atoms with E-state index in [1.807, 2.05) is 0 Å². The third-order valence-electron chi connectivity index (χ3n) is 2.36. The molecule has 20 heavy (non-hydrogen) atoms. The summed E-state index contributed by atoms with van der Waals surface area (Å²) in [4.78, 5) is 14.5. The van der Waals surface area contributed by atoms with Gasteiger partial charge in [-0.1, -0.05) is 11.8 Å². The molecule has 1 heterocycles. The van der Waals surface area contributed by atoms with E-state index in [1.165, 1.54) is 18.2 Å². The zero-order valence-corrected chi connectivity index (χ0v) is 11.1. The van der Waals surface area contributed by atoms with Crippen LogP contribution in [-0.4, -0.2) is 17.0 Å². The molecule has 2 rings (SSSR count). The topological polar surface area (TPSA) is 68.1 Å². The molecular formula is C12H9F2N3O2S. The molecule has 0 saturated carbocycles. The molecule has 1 aromatic heterocycles. The number of rotatable bonds is 4. The van der Waals surface area contributed by atoms with Crippen molar-refractivity contribution in [3.8, 4) is 0 Å². The Labute approximate surface area is 117 Å². The fraction of sp³-hybridized carbons (Fsp3) is 0.0833. The molecule has 0 saturated heterocycles. The molecule has 0 aliphatic carbocycles. The SMILES string of the molecule is CNc1cc([N+](=O)[O-])cc(Sc2ccc(F)cc2F)n1. The number of benzene rings is 1. The molecule has 2 aromatic rings. The normalized spacial score (nSPS) is 10.3. The number of anilines is 1. The molecule has 0 aliphatic heterocycles.